The van der Waals surface area contributed by atoms with Gasteiger partial charge < -0.3 is 31.4 Å². The maximum atomic E-state index is 5.91. The van der Waals surface area contributed by atoms with E-state index in [0.29, 0.717) is 0 Å². The van der Waals surface area contributed by atoms with Crippen molar-refractivity contribution in [3.05, 3.63) is 113 Å². The van der Waals surface area contributed by atoms with Crippen molar-refractivity contribution in [3.63, 3.8) is 0 Å². The van der Waals surface area contributed by atoms with Crippen molar-refractivity contribution in [2.24, 2.45) is 0 Å². The number of rotatable bonds is 7. The van der Waals surface area contributed by atoms with Crippen molar-refractivity contribution in [2.75, 3.05) is 21.0 Å². The highest BCUT2D eigenvalue weighted by atomic mass is 35.5. The lowest BCUT2D eigenvalue weighted by molar-refractivity contribution is -0.686. The molecule has 1 aromatic heterocycles. The van der Waals surface area contributed by atoms with Crippen molar-refractivity contribution in [1.82, 2.24) is 0 Å². The lowest BCUT2D eigenvalue weighted by atomic mass is 9.83. The van der Waals surface area contributed by atoms with Crippen LogP contribution in [0.4, 0.5) is 0 Å². The summed E-state index contributed by atoms with van der Waals surface area (Å²) >= 11 is 0. The molecule has 0 saturated carbocycles. The molecule has 41 heavy (non-hydrogen) atoms. The first kappa shape index (κ1) is 27.0. The SMILES string of the molecule is COc1ccc2c(CCC(c3ccccc3)c3ccccc3)c3[n+](cc2c1OC)CCc1cc2c(cc1-3)OCO2.[Cl-]. The van der Waals surface area contributed by atoms with Crippen molar-refractivity contribution in [1.29, 1.82) is 0 Å². The fourth-order valence-electron chi connectivity index (χ4n) is 6.45. The summed E-state index contributed by atoms with van der Waals surface area (Å²) in [7, 11) is 3.41. The summed E-state index contributed by atoms with van der Waals surface area (Å²) in [5.41, 5.74) is 7.75. The van der Waals surface area contributed by atoms with E-state index in [4.69, 9.17) is 18.9 Å². The Hall–Kier alpha value is -4.22. The first-order valence-corrected chi connectivity index (χ1v) is 13.9. The van der Waals surface area contributed by atoms with Crippen LogP contribution in [0.1, 0.15) is 34.6 Å². The molecular formula is C35H32ClNO4. The molecule has 0 spiro atoms. The lowest BCUT2D eigenvalue weighted by Crippen LogP contribution is -3.00. The molecule has 208 valence electrons. The number of halogens is 1. The molecule has 0 amide bonds. The monoisotopic (exact) mass is 565 g/mol. The second-order valence-electron chi connectivity index (χ2n) is 10.4. The molecule has 0 unspecified atom stereocenters. The number of methoxy groups -OCH3 is 2. The third kappa shape index (κ3) is 4.74. The molecule has 5 nitrogen and oxygen atoms in total. The summed E-state index contributed by atoms with van der Waals surface area (Å²) in [5.74, 6) is 3.45. The van der Waals surface area contributed by atoms with Gasteiger partial charge in [0.05, 0.1) is 25.2 Å². The normalized spacial score (nSPS) is 13.0. The zero-order valence-electron chi connectivity index (χ0n) is 23.2. The molecule has 0 fully saturated rings. The molecule has 2 aliphatic heterocycles. The number of hydrogen-bond acceptors (Lipinski definition) is 4. The second kappa shape index (κ2) is 11.3. The van der Waals surface area contributed by atoms with Crippen molar-refractivity contribution >= 4 is 10.8 Å². The molecule has 4 aromatic carbocycles. The Morgan fingerprint density at radius 3 is 2.15 bits per heavy atom. The van der Waals surface area contributed by atoms with E-state index < -0.39 is 0 Å². The summed E-state index contributed by atoms with van der Waals surface area (Å²) in [5, 5.41) is 2.26. The van der Waals surface area contributed by atoms with Crippen molar-refractivity contribution < 1.29 is 35.9 Å². The summed E-state index contributed by atoms with van der Waals surface area (Å²) in [6.45, 7) is 1.15. The maximum absolute atomic E-state index is 5.91. The summed E-state index contributed by atoms with van der Waals surface area (Å²) in [6, 6.07) is 30.2. The minimum absolute atomic E-state index is 0. The Morgan fingerprint density at radius 2 is 1.49 bits per heavy atom. The van der Waals surface area contributed by atoms with Gasteiger partial charge in [0.15, 0.2) is 35.7 Å². The molecule has 0 bridgehead atoms. The molecule has 0 aliphatic carbocycles. The molecule has 7 rings (SSSR count). The number of pyridine rings is 1. The van der Waals surface area contributed by atoms with Crippen LogP contribution in [0.2, 0.25) is 0 Å². The molecule has 0 radical (unpaired) electrons. The van der Waals surface area contributed by atoms with Crippen LogP contribution in [-0.4, -0.2) is 21.0 Å². The zero-order valence-corrected chi connectivity index (χ0v) is 24.0. The fraction of sp³-hybridized carbons (Fsp3) is 0.229. The summed E-state index contributed by atoms with van der Waals surface area (Å²) in [4.78, 5) is 0. The van der Waals surface area contributed by atoms with Gasteiger partial charge in [-0.25, -0.2) is 0 Å². The van der Waals surface area contributed by atoms with Gasteiger partial charge in [-0.1, -0.05) is 60.7 Å². The number of hydrogen-bond donors (Lipinski definition) is 0. The minimum Gasteiger partial charge on any atom is -1.00 e. The van der Waals surface area contributed by atoms with Crippen LogP contribution in [0.5, 0.6) is 23.0 Å². The Kier molecular flexibility index (Phi) is 7.46. The molecule has 6 heteroatoms. The highest BCUT2D eigenvalue weighted by Gasteiger charge is 2.32. The van der Waals surface area contributed by atoms with Crippen molar-refractivity contribution in [2.45, 2.75) is 31.7 Å². The maximum Gasteiger partial charge on any atom is 0.231 e. The van der Waals surface area contributed by atoms with Gasteiger partial charge in [-0.05, 0) is 53.8 Å². The van der Waals surface area contributed by atoms with Crippen LogP contribution in [0.3, 0.4) is 0 Å². The van der Waals surface area contributed by atoms with Gasteiger partial charge in [-0.2, -0.15) is 4.57 Å². The number of ether oxygens (including phenoxy) is 4. The first-order chi connectivity index (χ1) is 19.7. The van der Waals surface area contributed by atoms with E-state index in [0.717, 1.165) is 54.2 Å². The standard InChI is InChI=1S/C35H32NO4.ClH/c1-37-31-16-15-27-28(14-13-26(23-9-5-3-6-10-23)24-11-7-4-8-12-24)34-29-20-33-32(39-22-40-33)19-25(29)17-18-36(34)21-30(27)35(31)38-2;/h3-12,15-16,19-21,26H,13-14,17-18,22H2,1-2H3;1H/q+1;/p-1. The van der Waals surface area contributed by atoms with E-state index in [9.17, 15) is 0 Å². The van der Waals surface area contributed by atoms with Gasteiger partial charge in [-0.15, -0.1) is 0 Å². The first-order valence-electron chi connectivity index (χ1n) is 13.9. The van der Waals surface area contributed by atoms with Crippen LogP contribution in [0, 0.1) is 0 Å². The van der Waals surface area contributed by atoms with Crippen LogP contribution in [0.25, 0.3) is 22.0 Å². The average molecular weight is 566 g/mol. The molecule has 5 aromatic rings. The van der Waals surface area contributed by atoms with Crippen LogP contribution < -0.4 is 35.9 Å². The zero-order chi connectivity index (χ0) is 27.1. The third-order valence-corrected chi connectivity index (χ3v) is 8.33. The number of nitrogens with zero attached hydrogens (tertiary/aromatic N) is 1. The van der Waals surface area contributed by atoms with E-state index in [-0.39, 0.29) is 25.1 Å². The quantitative estimate of drug-likeness (QED) is 0.281. The van der Waals surface area contributed by atoms with Gasteiger partial charge in [0.1, 0.15) is 0 Å². The smallest absolute Gasteiger partial charge is 0.231 e. The number of aryl methyl sites for hydroxylation is 3. The topological polar surface area (TPSA) is 40.8 Å². The fourth-order valence-corrected chi connectivity index (χ4v) is 6.45. The molecule has 0 saturated heterocycles. The minimum atomic E-state index is 0. The van der Waals surface area contributed by atoms with Crippen LogP contribution in [-0.2, 0) is 19.4 Å². The van der Waals surface area contributed by atoms with E-state index in [2.05, 4.69) is 89.6 Å². The van der Waals surface area contributed by atoms with Gasteiger partial charge in [0, 0.05) is 23.3 Å². The highest BCUT2D eigenvalue weighted by Crippen LogP contribution is 2.44. The Morgan fingerprint density at radius 1 is 0.805 bits per heavy atom. The Balaban J connectivity index is 0.00000302. The van der Waals surface area contributed by atoms with Gasteiger partial charge >= 0.3 is 0 Å². The van der Waals surface area contributed by atoms with Crippen LogP contribution in [0.15, 0.2) is 91.1 Å². The number of fused-ring (bicyclic) bond motifs is 5. The predicted molar refractivity (Wildman–Crippen MR) is 156 cm³/mol. The summed E-state index contributed by atoms with van der Waals surface area (Å²) < 4.78 is 25.5. The predicted octanol–water partition coefficient (Wildman–Crippen LogP) is 3.87. The Bertz CT molecular complexity index is 1670. The Labute approximate surface area is 246 Å². The highest BCUT2D eigenvalue weighted by molar-refractivity contribution is 5.95. The number of aromatic nitrogens is 1. The van der Waals surface area contributed by atoms with Gasteiger partial charge in [0.25, 0.3) is 0 Å². The van der Waals surface area contributed by atoms with E-state index in [1.807, 2.05) is 6.07 Å². The summed E-state index contributed by atoms with van der Waals surface area (Å²) in [6.07, 6.45) is 5.02. The molecule has 3 heterocycles. The molecule has 0 N–H and O–H groups in total. The van der Waals surface area contributed by atoms with E-state index >= 15 is 0 Å². The third-order valence-electron chi connectivity index (χ3n) is 8.33. The lowest BCUT2D eigenvalue weighted by Gasteiger charge is -2.23. The van der Waals surface area contributed by atoms with Gasteiger partial charge in [0.2, 0.25) is 12.5 Å². The van der Waals surface area contributed by atoms with E-state index in [1.54, 1.807) is 14.2 Å². The molecular weight excluding hydrogens is 534 g/mol. The van der Waals surface area contributed by atoms with Crippen molar-refractivity contribution in [3.8, 4) is 34.3 Å². The largest absolute Gasteiger partial charge is 1.00 e. The second-order valence-corrected chi connectivity index (χ2v) is 10.4. The van der Waals surface area contributed by atoms with Crippen LogP contribution >= 0.6 is 0 Å². The van der Waals surface area contributed by atoms with Gasteiger partial charge in [-0.3, -0.25) is 0 Å². The van der Waals surface area contributed by atoms with E-state index in [1.165, 1.54) is 38.9 Å². The average Bonchev–Trinajstić information content (AvgIpc) is 3.47. The molecule has 2 aliphatic rings. The molecule has 0 atom stereocenters. The number of benzene rings is 4.